The molecule has 2 atom stereocenters. The van der Waals surface area contributed by atoms with Crippen LogP contribution in [0.15, 0.2) is 109 Å². The monoisotopic (exact) mass is 549 g/mol. The van der Waals surface area contributed by atoms with Crippen LogP contribution in [0.1, 0.15) is 47.9 Å². The molecule has 0 bridgehead atoms. The molecule has 0 spiro atoms. The van der Waals surface area contributed by atoms with Crippen molar-refractivity contribution in [2.24, 2.45) is 0 Å². The molecule has 0 saturated carbocycles. The summed E-state index contributed by atoms with van der Waals surface area (Å²) in [6, 6.07) is 31.0. The van der Waals surface area contributed by atoms with Crippen LogP contribution in [0.5, 0.6) is 0 Å². The van der Waals surface area contributed by atoms with E-state index in [0.29, 0.717) is 17.5 Å². The first-order chi connectivity index (χ1) is 19.9. The van der Waals surface area contributed by atoms with Crippen LogP contribution < -0.4 is 5.32 Å². The fourth-order valence-corrected chi connectivity index (χ4v) is 5.36. The fourth-order valence-electron chi connectivity index (χ4n) is 5.36. The molecule has 1 aromatic heterocycles. The van der Waals surface area contributed by atoms with E-state index >= 15 is 0 Å². The molecule has 0 aliphatic heterocycles. The molecule has 5 rings (SSSR count). The Bertz CT molecular complexity index is 1650. The number of halogens is 1. The van der Waals surface area contributed by atoms with Gasteiger partial charge in [0.1, 0.15) is 5.82 Å². The second-order valence-electron chi connectivity index (χ2n) is 10.5. The Kier molecular flexibility index (Phi) is 8.53. The molecule has 1 heterocycles. The van der Waals surface area contributed by atoms with Gasteiger partial charge in [-0.05, 0) is 60.2 Å². The number of fused-ring (bicyclic) bond motifs is 1. The molecule has 0 aliphatic rings. The zero-order valence-corrected chi connectivity index (χ0v) is 22.9. The summed E-state index contributed by atoms with van der Waals surface area (Å²) < 4.78 is 16.5. The highest BCUT2D eigenvalue weighted by Crippen LogP contribution is 2.37. The first-order valence-corrected chi connectivity index (χ1v) is 13.8. The van der Waals surface area contributed by atoms with Crippen LogP contribution in [0.4, 0.5) is 10.1 Å². The second kappa shape index (κ2) is 12.6. The van der Waals surface area contributed by atoms with Crippen molar-refractivity contribution in [2.75, 3.05) is 0 Å². The average molecular weight is 550 g/mol. The predicted octanol–water partition coefficient (Wildman–Crippen LogP) is 7.40. The average Bonchev–Trinajstić information content (AvgIpc) is 3.33. The van der Waals surface area contributed by atoms with Gasteiger partial charge in [-0.15, -0.1) is 0 Å². The largest absolute Gasteiger partial charge is 0.354 e. The van der Waals surface area contributed by atoms with Crippen LogP contribution in [-0.4, -0.2) is 21.4 Å². The Hall–Kier alpha value is -4.78. The van der Waals surface area contributed by atoms with Crippen molar-refractivity contribution in [3.05, 3.63) is 148 Å². The summed E-state index contributed by atoms with van der Waals surface area (Å²) >= 11 is 0. The molecule has 0 fully saturated rings. The summed E-state index contributed by atoms with van der Waals surface area (Å²) in [4.78, 5) is 24.7. The molecule has 4 aromatic carbocycles. The number of aryl methyl sites for hydroxylation is 1. The number of aromatic nitrogens is 1. The second-order valence-corrected chi connectivity index (χ2v) is 10.5. The highest BCUT2D eigenvalue weighted by molar-refractivity contribution is 5.88. The van der Waals surface area contributed by atoms with Gasteiger partial charge < -0.3 is 9.88 Å². The summed E-state index contributed by atoms with van der Waals surface area (Å²) in [6.07, 6.45) is 3.64. The van der Waals surface area contributed by atoms with Gasteiger partial charge in [0.15, 0.2) is 0 Å². The van der Waals surface area contributed by atoms with Crippen molar-refractivity contribution >= 4 is 22.5 Å². The Balaban J connectivity index is 1.48. The number of nitrogens with zero attached hydrogens (tertiary/aromatic N) is 2. The van der Waals surface area contributed by atoms with E-state index in [0.717, 1.165) is 29.5 Å². The Morgan fingerprint density at radius 1 is 0.927 bits per heavy atom. The van der Waals surface area contributed by atoms with Crippen molar-refractivity contribution in [1.29, 1.82) is 0 Å². The molecule has 0 aliphatic carbocycles. The number of carbonyl (C=O) groups excluding carboxylic acids is 1. The number of nitro benzene ring substituents is 1. The number of non-ortho nitro benzene ring substituents is 1. The molecule has 208 valence electrons. The van der Waals surface area contributed by atoms with E-state index < -0.39 is 16.7 Å². The first-order valence-electron chi connectivity index (χ1n) is 13.8. The Labute approximate surface area is 238 Å². The number of hydrogen-bond acceptors (Lipinski definition) is 3. The lowest BCUT2D eigenvalue weighted by molar-refractivity contribution is -0.384. The van der Waals surface area contributed by atoms with Crippen molar-refractivity contribution in [3.8, 4) is 0 Å². The smallest absolute Gasteiger partial charge is 0.270 e. The zero-order chi connectivity index (χ0) is 28.8. The molecule has 41 heavy (non-hydrogen) atoms. The third kappa shape index (κ3) is 6.87. The number of nitrogens with one attached hydrogen (secondary N) is 1. The summed E-state index contributed by atoms with van der Waals surface area (Å²) in [7, 11) is 0. The lowest BCUT2D eigenvalue weighted by atomic mass is 9.87. The maximum absolute atomic E-state index is 14.4. The van der Waals surface area contributed by atoms with Crippen LogP contribution in [0.3, 0.4) is 0 Å². The zero-order valence-electron chi connectivity index (χ0n) is 22.9. The molecule has 7 heteroatoms. The number of carbonyl (C=O) groups is 1. The third-order valence-electron chi connectivity index (χ3n) is 7.43. The third-order valence-corrected chi connectivity index (χ3v) is 7.43. The number of nitro groups is 1. The standard InChI is InChI=1S/C34H32FN3O3/c1-24(15-16-25-9-4-2-5-10-25)36-34(39)21-30(27-13-8-14-28(35)19-27)32-23-37(22-26-11-6-3-7-12-26)33-18-17-29(38(40)41)20-31(32)33/h2-14,17-20,23-24,30H,15-16,21-22H2,1H3,(H,36,39)/t24-,30+/m1/s1. The fraction of sp³-hybridized carbons (Fsp3) is 0.206. The maximum Gasteiger partial charge on any atom is 0.270 e. The van der Waals surface area contributed by atoms with Crippen molar-refractivity contribution in [3.63, 3.8) is 0 Å². The van der Waals surface area contributed by atoms with Gasteiger partial charge in [0.2, 0.25) is 5.91 Å². The van der Waals surface area contributed by atoms with Gasteiger partial charge in [-0.3, -0.25) is 14.9 Å². The maximum atomic E-state index is 14.4. The topological polar surface area (TPSA) is 77.2 Å². The molecular weight excluding hydrogens is 517 g/mol. The van der Waals surface area contributed by atoms with Gasteiger partial charge >= 0.3 is 0 Å². The molecule has 1 N–H and O–H groups in total. The van der Waals surface area contributed by atoms with E-state index in [2.05, 4.69) is 17.4 Å². The summed E-state index contributed by atoms with van der Waals surface area (Å²) in [5.41, 5.74) is 4.45. The molecule has 0 radical (unpaired) electrons. The number of hydrogen-bond donors (Lipinski definition) is 1. The van der Waals surface area contributed by atoms with Gasteiger partial charge in [-0.2, -0.15) is 0 Å². The molecule has 1 amide bonds. The minimum absolute atomic E-state index is 0.0341. The van der Waals surface area contributed by atoms with Crippen LogP contribution >= 0.6 is 0 Å². The van der Waals surface area contributed by atoms with Crippen molar-refractivity contribution < 1.29 is 14.1 Å². The van der Waals surface area contributed by atoms with Crippen LogP contribution in [0.2, 0.25) is 0 Å². The quantitative estimate of drug-likeness (QED) is 0.138. The van der Waals surface area contributed by atoms with Gasteiger partial charge in [0, 0.05) is 54.2 Å². The number of amides is 1. The molecular formula is C34H32FN3O3. The Morgan fingerprint density at radius 2 is 1.63 bits per heavy atom. The first kappa shape index (κ1) is 27.8. The van der Waals surface area contributed by atoms with Crippen LogP contribution in [0, 0.1) is 15.9 Å². The molecule has 0 saturated heterocycles. The number of rotatable bonds is 11. The van der Waals surface area contributed by atoms with Crippen molar-refractivity contribution in [1.82, 2.24) is 9.88 Å². The highest BCUT2D eigenvalue weighted by Gasteiger charge is 2.25. The normalized spacial score (nSPS) is 12.6. The van der Waals surface area contributed by atoms with E-state index in [1.165, 1.54) is 23.8 Å². The van der Waals surface area contributed by atoms with Gasteiger partial charge in [0.05, 0.1) is 4.92 Å². The minimum Gasteiger partial charge on any atom is -0.354 e. The van der Waals surface area contributed by atoms with Crippen LogP contribution in [-0.2, 0) is 17.8 Å². The van der Waals surface area contributed by atoms with E-state index in [1.54, 1.807) is 24.3 Å². The van der Waals surface area contributed by atoms with E-state index in [9.17, 15) is 19.3 Å². The lowest BCUT2D eigenvalue weighted by Gasteiger charge is -2.20. The molecule has 5 aromatic rings. The van der Waals surface area contributed by atoms with Gasteiger partial charge in [-0.1, -0.05) is 72.8 Å². The lowest BCUT2D eigenvalue weighted by Crippen LogP contribution is -2.33. The molecule has 0 unspecified atom stereocenters. The van der Waals surface area contributed by atoms with Crippen LogP contribution in [0.25, 0.3) is 10.9 Å². The predicted molar refractivity (Wildman–Crippen MR) is 159 cm³/mol. The van der Waals surface area contributed by atoms with E-state index in [4.69, 9.17) is 0 Å². The summed E-state index contributed by atoms with van der Waals surface area (Å²) in [5.74, 6) is -1.06. The minimum atomic E-state index is -0.506. The Morgan fingerprint density at radius 3 is 2.32 bits per heavy atom. The SMILES string of the molecule is C[C@H](CCc1ccccc1)NC(=O)C[C@@H](c1cccc(F)c1)c1cn(Cc2ccccc2)c2ccc([N+](=O)[O-])cc12. The van der Waals surface area contributed by atoms with Gasteiger partial charge in [-0.25, -0.2) is 4.39 Å². The highest BCUT2D eigenvalue weighted by atomic mass is 19.1. The summed E-state index contributed by atoms with van der Waals surface area (Å²) in [6.45, 7) is 2.53. The molecule has 6 nitrogen and oxygen atoms in total. The van der Waals surface area contributed by atoms with E-state index in [-0.39, 0.29) is 24.1 Å². The number of benzene rings is 4. The van der Waals surface area contributed by atoms with E-state index in [1.807, 2.05) is 66.2 Å². The summed E-state index contributed by atoms with van der Waals surface area (Å²) in [5, 5.41) is 15.5. The van der Waals surface area contributed by atoms with Crippen molar-refractivity contribution in [2.45, 2.75) is 44.7 Å². The van der Waals surface area contributed by atoms with Gasteiger partial charge in [0.25, 0.3) is 5.69 Å².